The van der Waals surface area contributed by atoms with Crippen LogP contribution in [0.25, 0.3) is 154 Å². The summed E-state index contributed by atoms with van der Waals surface area (Å²) in [4.78, 5) is 10.8. The van der Waals surface area contributed by atoms with Gasteiger partial charge in [0.25, 0.3) is 0 Å². The molecule has 0 aliphatic rings. The van der Waals surface area contributed by atoms with Crippen molar-refractivity contribution in [3.63, 3.8) is 0 Å². The van der Waals surface area contributed by atoms with E-state index in [0.717, 1.165) is 77.8 Å². The molecular formula is C74H46N4. The first-order valence-corrected chi connectivity index (χ1v) is 26.7. The van der Waals surface area contributed by atoms with Crippen LogP contribution < -0.4 is 0 Å². The predicted molar refractivity (Wildman–Crippen MR) is 328 cm³/mol. The maximum Gasteiger partial charge on any atom is 0.145 e. The lowest BCUT2D eigenvalue weighted by Crippen LogP contribution is -2.02. The highest BCUT2D eigenvalue weighted by molar-refractivity contribution is 6.28. The first-order valence-electron chi connectivity index (χ1n) is 26.7. The molecule has 0 radical (unpaired) electrons. The lowest BCUT2D eigenvalue weighted by molar-refractivity contribution is 1.11. The van der Waals surface area contributed by atoms with Crippen LogP contribution in [0.2, 0.25) is 0 Å². The molecule has 2 heterocycles. The van der Waals surface area contributed by atoms with Gasteiger partial charge in [-0.05, 0) is 136 Å². The summed E-state index contributed by atoms with van der Waals surface area (Å²) in [6.07, 6.45) is 0. The van der Waals surface area contributed by atoms with E-state index in [2.05, 4.69) is 288 Å². The minimum Gasteiger partial charge on any atom is -0.292 e. The van der Waals surface area contributed by atoms with Gasteiger partial charge in [0, 0.05) is 21.9 Å². The quantitative estimate of drug-likeness (QED) is 0.149. The van der Waals surface area contributed by atoms with Crippen LogP contribution in [0.5, 0.6) is 0 Å². The molecule has 0 saturated carbocycles. The number of aromatic nitrogens is 4. The lowest BCUT2D eigenvalue weighted by atomic mass is 9.82. The van der Waals surface area contributed by atoms with Gasteiger partial charge in [-0.25, -0.2) is 9.97 Å². The molecule has 362 valence electrons. The summed E-state index contributed by atoms with van der Waals surface area (Å²) >= 11 is 0. The number of fused-ring (bicyclic) bond motifs is 8. The fraction of sp³-hybridized carbons (Fsp3) is 0. The van der Waals surface area contributed by atoms with Crippen LogP contribution in [0, 0.1) is 0 Å². The second-order valence-electron chi connectivity index (χ2n) is 20.4. The van der Waals surface area contributed by atoms with Gasteiger partial charge < -0.3 is 0 Å². The Morgan fingerprint density at radius 1 is 0.231 bits per heavy atom. The molecule has 16 aromatic rings. The summed E-state index contributed by atoms with van der Waals surface area (Å²) in [7, 11) is 0. The average Bonchev–Trinajstić information content (AvgIpc) is 4.23. The fourth-order valence-electron chi connectivity index (χ4n) is 12.7. The van der Waals surface area contributed by atoms with Gasteiger partial charge in [0.15, 0.2) is 0 Å². The number of hydrogen-bond acceptors (Lipinski definition) is 2. The second kappa shape index (κ2) is 17.6. The van der Waals surface area contributed by atoms with Gasteiger partial charge >= 0.3 is 0 Å². The fourth-order valence-corrected chi connectivity index (χ4v) is 12.7. The first kappa shape index (κ1) is 43.9. The number of para-hydroxylation sites is 4. The number of benzene rings is 14. The molecule has 0 N–H and O–H groups in total. The molecule has 0 amide bonds. The highest BCUT2D eigenvalue weighted by Gasteiger charge is 2.25. The van der Waals surface area contributed by atoms with E-state index in [4.69, 9.17) is 9.97 Å². The van der Waals surface area contributed by atoms with Gasteiger partial charge in [0.05, 0.1) is 33.4 Å². The van der Waals surface area contributed by atoms with Gasteiger partial charge in [-0.2, -0.15) is 0 Å². The van der Waals surface area contributed by atoms with Crippen molar-refractivity contribution in [2.75, 3.05) is 0 Å². The molecule has 0 saturated heterocycles. The van der Waals surface area contributed by atoms with Gasteiger partial charge in [0.2, 0.25) is 0 Å². The lowest BCUT2D eigenvalue weighted by Gasteiger charge is -2.23. The van der Waals surface area contributed by atoms with E-state index in [1.807, 2.05) is 0 Å². The summed E-state index contributed by atoms with van der Waals surface area (Å²) in [6.45, 7) is 0. The van der Waals surface area contributed by atoms with Crippen LogP contribution in [0.3, 0.4) is 0 Å². The second-order valence-corrected chi connectivity index (χ2v) is 20.4. The normalized spacial score (nSPS) is 11.8. The van der Waals surface area contributed by atoms with Crippen LogP contribution in [-0.2, 0) is 0 Å². The Kier molecular flexibility index (Phi) is 9.91. The third kappa shape index (κ3) is 6.73. The van der Waals surface area contributed by atoms with Crippen molar-refractivity contribution in [1.82, 2.24) is 19.1 Å². The first-order chi connectivity index (χ1) is 38.7. The highest BCUT2D eigenvalue weighted by atomic mass is 15.1. The molecule has 4 nitrogen and oxygen atoms in total. The molecule has 4 heteroatoms. The van der Waals surface area contributed by atoms with Gasteiger partial charge in [-0.1, -0.05) is 231 Å². The Morgan fingerprint density at radius 2 is 0.551 bits per heavy atom. The van der Waals surface area contributed by atoms with Crippen LogP contribution in [0.4, 0.5) is 0 Å². The third-order valence-electron chi connectivity index (χ3n) is 16.1. The van der Waals surface area contributed by atoms with E-state index in [0.29, 0.717) is 0 Å². The summed E-state index contributed by atoms with van der Waals surface area (Å²) in [5.41, 5.74) is 15.3. The van der Waals surface area contributed by atoms with Crippen LogP contribution >= 0.6 is 0 Å². The highest BCUT2D eigenvalue weighted by Crippen LogP contribution is 2.50. The molecule has 0 unspecified atom stereocenters. The van der Waals surface area contributed by atoms with E-state index in [-0.39, 0.29) is 0 Å². The third-order valence-corrected chi connectivity index (χ3v) is 16.1. The average molecular weight is 991 g/mol. The molecule has 0 atom stereocenters. The molecule has 0 bridgehead atoms. The molecule has 78 heavy (non-hydrogen) atoms. The molecule has 14 aromatic carbocycles. The standard InChI is InChI=1S/C74H46N4/c1-3-23-49(24-4-1)73-75-65-39-11-13-41-69(65)77(73)67-43-19-37-59-63(67)46-64-60(38-20-44-68(64)78-70-42-14-12-40-66(70)76-74(78)50-25-5-2-6-26-50)72(59)71-57-35-17-33-55(53-31-15-27-47-21-7-9-29-51(47)53)61(57)45-62-56(34-18-36-58(62)71)54-32-16-28-48-22-8-10-30-52(48)54/h1-46H. The van der Waals surface area contributed by atoms with E-state index >= 15 is 0 Å². The van der Waals surface area contributed by atoms with Crippen molar-refractivity contribution in [1.29, 1.82) is 0 Å². The summed E-state index contributed by atoms with van der Waals surface area (Å²) in [5, 5.41) is 14.2. The Hall–Kier alpha value is -10.4. The number of imidazole rings is 2. The van der Waals surface area contributed by atoms with Gasteiger partial charge in [0.1, 0.15) is 11.6 Å². The smallest absolute Gasteiger partial charge is 0.145 e. The van der Waals surface area contributed by atoms with Crippen molar-refractivity contribution in [3.8, 4) is 67.5 Å². The monoisotopic (exact) mass is 990 g/mol. The summed E-state index contributed by atoms with van der Waals surface area (Å²) in [6, 6.07) is 102. The predicted octanol–water partition coefficient (Wildman–Crippen LogP) is 19.6. The molecule has 0 aliphatic heterocycles. The Balaban J connectivity index is 1.11. The largest absolute Gasteiger partial charge is 0.292 e. The molecular weight excluding hydrogens is 945 g/mol. The minimum atomic E-state index is 0.890. The van der Waals surface area contributed by atoms with Crippen LogP contribution in [-0.4, -0.2) is 19.1 Å². The molecule has 16 rings (SSSR count). The number of rotatable bonds is 7. The summed E-state index contributed by atoms with van der Waals surface area (Å²) in [5.74, 6) is 1.78. The van der Waals surface area contributed by atoms with Gasteiger partial charge in [-0.15, -0.1) is 0 Å². The van der Waals surface area contributed by atoms with Crippen molar-refractivity contribution in [2.24, 2.45) is 0 Å². The van der Waals surface area contributed by atoms with E-state index < -0.39 is 0 Å². The molecule has 0 aliphatic carbocycles. The topological polar surface area (TPSA) is 35.6 Å². The van der Waals surface area contributed by atoms with Gasteiger partial charge in [-0.3, -0.25) is 9.13 Å². The Bertz CT molecular complexity index is 4760. The van der Waals surface area contributed by atoms with Crippen molar-refractivity contribution in [3.05, 3.63) is 279 Å². The number of nitrogens with zero attached hydrogens (tertiary/aromatic N) is 4. The Labute approximate surface area is 450 Å². The molecule has 0 fully saturated rings. The zero-order chi connectivity index (χ0) is 51.3. The zero-order valence-corrected chi connectivity index (χ0v) is 42.3. The van der Waals surface area contributed by atoms with Crippen molar-refractivity contribution >= 4 is 86.7 Å². The Morgan fingerprint density at radius 3 is 1.01 bits per heavy atom. The number of hydrogen-bond donors (Lipinski definition) is 0. The molecule has 0 spiro atoms. The zero-order valence-electron chi connectivity index (χ0n) is 42.3. The van der Waals surface area contributed by atoms with E-state index in [1.54, 1.807) is 0 Å². The van der Waals surface area contributed by atoms with Crippen LogP contribution in [0.1, 0.15) is 0 Å². The maximum absolute atomic E-state index is 5.40. The van der Waals surface area contributed by atoms with E-state index in [9.17, 15) is 0 Å². The minimum absolute atomic E-state index is 0.890. The molecule has 2 aromatic heterocycles. The SMILES string of the molecule is c1ccc(-c2nc3ccccc3n2-c2cccc3c(-c4c5cccc(-c6cccc7ccccc67)c5cc5c(-c6cccc7ccccc67)cccc45)c4cccc(-n5c(-c6ccccc6)nc6ccccc65)c4cc23)cc1. The van der Waals surface area contributed by atoms with Crippen molar-refractivity contribution in [2.45, 2.75) is 0 Å². The summed E-state index contributed by atoms with van der Waals surface area (Å²) < 4.78 is 4.76. The van der Waals surface area contributed by atoms with E-state index in [1.165, 1.54) is 76.5 Å². The van der Waals surface area contributed by atoms with Crippen LogP contribution in [0.15, 0.2) is 279 Å². The maximum atomic E-state index is 5.40. The van der Waals surface area contributed by atoms with Crippen molar-refractivity contribution < 1.29 is 0 Å².